The number of hydrogen-bond acceptors (Lipinski definition) is 5. The molecular formula is C20H24N2O3. The number of hydrogen-bond donors (Lipinski definition) is 0. The Kier molecular flexibility index (Phi) is 6.39. The van der Waals surface area contributed by atoms with Crippen LogP contribution in [0.4, 0.5) is 0 Å². The average molecular weight is 340 g/mol. The van der Waals surface area contributed by atoms with Crippen molar-refractivity contribution in [2.45, 2.75) is 53.6 Å². The van der Waals surface area contributed by atoms with E-state index in [2.05, 4.69) is 9.97 Å². The lowest BCUT2D eigenvalue weighted by atomic mass is 10.00. The number of carbonyl (C=O) groups is 2. The molecule has 1 heterocycles. The lowest BCUT2D eigenvalue weighted by Crippen LogP contribution is -2.13. The van der Waals surface area contributed by atoms with Crippen molar-refractivity contribution in [3.05, 3.63) is 58.2 Å². The fraction of sp³-hybridized carbons (Fsp3) is 0.400. The molecule has 2 aromatic rings. The minimum atomic E-state index is -0.514. The van der Waals surface area contributed by atoms with Crippen LogP contribution in [0.2, 0.25) is 0 Å². The van der Waals surface area contributed by atoms with Crippen LogP contribution in [0.25, 0.3) is 0 Å². The second-order valence-electron chi connectivity index (χ2n) is 6.07. The third-order valence-corrected chi connectivity index (χ3v) is 4.12. The number of ether oxygens (including phenoxy) is 1. The third-order valence-electron chi connectivity index (χ3n) is 4.12. The fourth-order valence-corrected chi connectivity index (χ4v) is 2.49. The Morgan fingerprint density at radius 3 is 2.28 bits per heavy atom. The van der Waals surface area contributed by atoms with Crippen molar-refractivity contribution >= 4 is 11.8 Å². The van der Waals surface area contributed by atoms with Crippen LogP contribution in [-0.2, 0) is 11.3 Å². The summed E-state index contributed by atoms with van der Waals surface area (Å²) in [6, 6.07) is 6.79. The molecule has 2 rings (SSSR count). The van der Waals surface area contributed by atoms with Gasteiger partial charge in [-0.25, -0.2) is 4.79 Å². The molecule has 0 N–H and O–H groups in total. The molecule has 1 aromatic heterocycles. The van der Waals surface area contributed by atoms with Gasteiger partial charge in [0, 0.05) is 12.0 Å². The molecule has 0 saturated heterocycles. The van der Waals surface area contributed by atoms with Crippen LogP contribution >= 0.6 is 0 Å². The van der Waals surface area contributed by atoms with E-state index >= 15 is 0 Å². The number of unbranched alkanes of at least 4 members (excludes halogenated alkanes) is 1. The van der Waals surface area contributed by atoms with Gasteiger partial charge in [-0.05, 0) is 33.3 Å². The topological polar surface area (TPSA) is 69.2 Å². The van der Waals surface area contributed by atoms with Crippen molar-refractivity contribution in [3.63, 3.8) is 0 Å². The number of nitrogens with zero attached hydrogens (tertiary/aromatic N) is 2. The standard InChI is InChI=1S/C20H24N2O3/c1-5-6-11-19(23)16-9-7-8-10-17(16)20(24)25-12-18-15(4)21-13(2)14(3)22-18/h7-10H,5-6,11-12H2,1-4H3. The van der Waals surface area contributed by atoms with E-state index in [9.17, 15) is 9.59 Å². The van der Waals surface area contributed by atoms with Crippen molar-refractivity contribution in [2.75, 3.05) is 0 Å². The van der Waals surface area contributed by atoms with Crippen molar-refractivity contribution in [1.29, 1.82) is 0 Å². The minimum Gasteiger partial charge on any atom is -0.455 e. The summed E-state index contributed by atoms with van der Waals surface area (Å²) in [5, 5.41) is 0. The van der Waals surface area contributed by atoms with E-state index < -0.39 is 5.97 Å². The summed E-state index contributed by atoms with van der Waals surface area (Å²) in [5.41, 5.74) is 3.77. The first-order valence-electron chi connectivity index (χ1n) is 8.54. The first-order valence-corrected chi connectivity index (χ1v) is 8.54. The van der Waals surface area contributed by atoms with Crippen LogP contribution in [0.15, 0.2) is 24.3 Å². The zero-order valence-corrected chi connectivity index (χ0v) is 15.3. The maximum absolute atomic E-state index is 12.5. The molecule has 1 aromatic carbocycles. The highest BCUT2D eigenvalue weighted by Gasteiger charge is 2.18. The molecule has 0 bridgehead atoms. The van der Waals surface area contributed by atoms with E-state index in [1.807, 2.05) is 27.7 Å². The lowest BCUT2D eigenvalue weighted by molar-refractivity contribution is 0.0463. The SMILES string of the molecule is CCCCC(=O)c1ccccc1C(=O)OCc1nc(C)c(C)nc1C. The lowest BCUT2D eigenvalue weighted by Gasteiger charge is -2.11. The Morgan fingerprint density at radius 2 is 1.60 bits per heavy atom. The van der Waals surface area contributed by atoms with Gasteiger partial charge in [0.05, 0.1) is 28.3 Å². The molecule has 0 radical (unpaired) electrons. The molecule has 0 aliphatic carbocycles. The summed E-state index contributed by atoms with van der Waals surface area (Å²) in [7, 11) is 0. The zero-order valence-electron chi connectivity index (χ0n) is 15.3. The molecule has 0 saturated carbocycles. The van der Waals surface area contributed by atoms with E-state index in [1.165, 1.54) is 0 Å². The Bertz CT molecular complexity index is 785. The third kappa shape index (κ3) is 4.72. The van der Waals surface area contributed by atoms with Crippen LogP contribution in [0.3, 0.4) is 0 Å². The Balaban J connectivity index is 2.14. The van der Waals surface area contributed by atoms with E-state index in [4.69, 9.17) is 4.74 Å². The predicted octanol–water partition coefficient (Wildman–Crippen LogP) is 4.13. The van der Waals surface area contributed by atoms with E-state index in [1.54, 1.807) is 24.3 Å². The van der Waals surface area contributed by atoms with Crippen molar-refractivity contribution in [3.8, 4) is 0 Å². The van der Waals surface area contributed by atoms with Gasteiger partial charge >= 0.3 is 5.97 Å². The van der Waals surface area contributed by atoms with Gasteiger partial charge in [-0.15, -0.1) is 0 Å². The van der Waals surface area contributed by atoms with Crippen molar-refractivity contribution in [1.82, 2.24) is 9.97 Å². The second-order valence-corrected chi connectivity index (χ2v) is 6.07. The maximum Gasteiger partial charge on any atom is 0.339 e. The fourth-order valence-electron chi connectivity index (χ4n) is 2.49. The molecule has 0 unspecified atom stereocenters. The molecule has 0 fully saturated rings. The number of carbonyl (C=O) groups excluding carboxylic acids is 2. The number of ketones is 1. The predicted molar refractivity (Wildman–Crippen MR) is 95.7 cm³/mol. The quantitative estimate of drug-likeness (QED) is 0.560. The summed E-state index contributed by atoms with van der Waals surface area (Å²) in [6.07, 6.45) is 2.17. The Morgan fingerprint density at radius 1 is 0.960 bits per heavy atom. The molecule has 0 aliphatic rings. The van der Waals surface area contributed by atoms with Crippen LogP contribution < -0.4 is 0 Å². The number of aromatic nitrogens is 2. The summed E-state index contributed by atoms with van der Waals surface area (Å²) < 4.78 is 5.39. The zero-order chi connectivity index (χ0) is 18.4. The van der Waals surface area contributed by atoms with E-state index in [-0.39, 0.29) is 12.4 Å². The molecule has 0 aliphatic heterocycles. The maximum atomic E-state index is 12.5. The van der Waals surface area contributed by atoms with Gasteiger partial charge in [0.2, 0.25) is 0 Å². The molecule has 0 spiro atoms. The van der Waals surface area contributed by atoms with Crippen molar-refractivity contribution < 1.29 is 14.3 Å². The minimum absolute atomic E-state index is 0.0310. The Labute approximate surface area is 148 Å². The van der Waals surface area contributed by atoms with E-state index in [0.29, 0.717) is 23.2 Å². The first kappa shape index (κ1) is 18.8. The normalized spacial score (nSPS) is 10.6. The molecule has 0 atom stereocenters. The number of Topliss-reactive ketones (excluding diaryl/α,β-unsaturated/α-hetero) is 1. The van der Waals surface area contributed by atoms with Crippen LogP contribution in [0.5, 0.6) is 0 Å². The summed E-state index contributed by atoms with van der Waals surface area (Å²) >= 11 is 0. The van der Waals surface area contributed by atoms with Crippen LogP contribution in [0, 0.1) is 20.8 Å². The van der Waals surface area contributed by atoms with Gasteiger partial charge in [-0.1, -0.05) is 31.5 Å². The van der Waals surface area contributed by atoms with Gasteiger partial charge in [0.25, 0.3) is 0 Å². The molecule has 5 nitrogen and oxygen atoms in total. The summed E-state index contributed by atoms with van der Waals surface area (Å²) in [5.74, 6) is -0.545. The molecule has 5 heteroatoms. The monoisotopic (exact) mass is 340 g/mol. The van der Waals surface area contributed by atoms with Crippen LogP contribution in [0.1, 0.15) is 69.7 Å². The molecule has 132 valence electrons. The average Bonchev–Trinajstić information content (AvgIpc) is 2.61. The molecule has 25 heavy (non-hydrogen) atoms. The van der Waals surface area contributed by atoms with Gasteiger partial charge in [-0.3, -0.25) is 14.8 Å². The largest absolute Gasteiger partial charge is 0.455 e. The number of benzene rings is 1. The summed E-state index contributed by atoms with van der Waals surface area (Å²) in [6.45, 7) is 7.67. The number of aryl methyl sites for hydroxylation is 3. The highest BCUT2D eigenvalue weighted by atomic mass is 16.5. The summed E-state index contributed by atoms with van der Waals surface area (Å²) in [4.78, 5) is 33.6. The van der Waals surface area contributed by atoms with Gasteiger partial charge in [-0.2, -0.15) is 0 Å². The molecular weight excluding hydrogens is 316 g/mol. The smallest absolute Gasteiger partial charge is 0.339 e. The van der Waals surface area contributed by atoms with Crippen LogP contribution in [-0.4, -0.2) is 21.7 Å². The second kappa shape index (κ2) is 8.51. The van der Waals surface area contributed by atoms with Gasteiger partial charge in [0.15, 0.2) is 5.78 Å². The Hall–Kier alpha value is -2.56. The van der Waals surface area contributed by atoms with E-state index in [0.717, 1.165) is 29.9 Å². The van der Waals surface area contributed by atoms with Gasteiger partial charge in [0.1, 0.15) is 6.61 Å². The highest BCUT2D eigenvalue weighted by molar-refractivity contribution is 6.06. The number of esters is 1. The molecule has 0 amide bonds. The van der Waals surface area contributed by atoms with Crippen molar-refractivity contribution in [2.24, 2.45) is 0 Å². The van der Waals surface area contributed by atoms with Gasteiger partial charge < -0.3 is 4.74 Å². The number of rotatable bonds is 7. The highest BCUT2D eigenvalue weighted by Crippen LogP contribution is 2.16. The first-order chi connectivity index (χ1) is 11.9.